The Bertz CT molecular complexity index is 910. The van der Waals surface area contributed by atoms with E-state index < -0.39 is 48.4 Å². The van der Waals surface area contributed by atoms with E-state index in [0.29, 0.717) is 11.1 Å². The van der Waals surface area contributed by atoms with Gasteiger partial charge in [-0.3, -0.25) is 19.4 Å². The van der Waals surface area contributed by atoms with Crippen molar-refractivity contribution >= 4 is 11.9 Å². The second-order valence-corrected chi connectivity index (χ2v) is 8.23. The SMILES string of the molecule is CN(CCN(C)C(C(O)O)C(c1ccccc1)C(O)O)C(C(=O)O)C(C(=O)O)c1ccccc1. The molecule has 2 rings (SSSR count). The zero-order valence-electron chi connectivity index (χ0n) is 19.0. The van der Waals surface area contributed by atoms with Crippen molar-refractivity contribution in [2.24, 2.45) is 0 Å². The lowest BCUT2D eigenvalue weighted by atomic mass is 9.89. The van der Waals surface area contributed by atoms with Crippen molar-refractivity contribution in [1.82, 2.24) is 9.80 Å². The molecule has 0 saturated carbocycles. The summed E-state index contributed by atoms with van der Waals surface area (Å²) in [7, 11) is 3.02. The van der Waals surface area contributed by atoms with Gasteiger partial charge in [-0.1, -0.05) is 60.7 Å². The van der Waals surface area contributed by atoms with Crippen LogP contribution in [0.1, 0.15) is 23.0 Å². The Kier molecular flexibility index (Phi) is 10.1. The van der Waals surface area contributed by atoms with Crippen molar-refractivity contribution in [3.05, 3.63) is 71.8 Å². The number of carbonyl (C=O) groups is 2. The van der Waals surface area contributed by atoms with Crippen LogP contribution in [-0.4, -0.2) is 104 Å². The predicted octanol–water partition coefficient (Wildman–Crippen LogP) is -0.0546. The maximum absolute atomic E-state index is 12.1. The fourth-order valence-electron chi connectivity index (χ4n) is 4.22. The molecule has 0 aromatic heterocycles. The fourth-order valence-corrected chi connectivity index (χ4v) is 4.22. The van der Waals surface area contributed by atoms with Crippen LogP contribution in [0.2, 0.25) is 0 Å². The maximum atomic E-state index is 12.1. The highest BCUT2D eigenvalue weighted by Crippen LogP contribution is 2.28. The van der Waals surface area contributed by atoms with E-state index in [9.17, 15) is 40.2 Å². The molecule has 6 N–H and O–H groups in total. The second-order valence-electron chi connectivity index (χ2n) is 8.23. The first-order valence-electron chi connectivity index (χ1n) is 10.7. The van der Waals surface area contributed by atoms with E-state index in [1.54, 1.807) is 60.7 Å². The molecule has 0 aliphatic rings. The van der Waals surface area contributed by atoms with Crippen LogP contribution in [0.4, 0.5) is 0 Å². The Morgan fingerprint density at radius 2 is 1.18 bits per heavy atom. The van der Waals surface area contributed by atoms with Crippen LogP contribution < -0.4 is 0 Å². The van der Waals surface area contributed by atoms with E-state index in [4.69, 9.17) is 0 Å². The highest BCUT2D eigenvalue weighted by atomic mass is 16.5. The first-order valence-corrected chi connectivity index (χ1v) is 10.7. The van der Waals surface area contributed by atoms with Gasteiger partial charge in [0, 0.05) is 13.1 Å². The van der Waals surface area contributed by atoms with Crippen LogP contribution in [0.3, 0.4) is 0 Å². The molecule has 0 aliphatic heterocycles. The molecule has 10 nitrogen and oxygen atoms in total. The molecule has 4 unspecified atom stereocenters. The molecule has 2 aromatic carbocycles. The zero-order valence-corrected chi connectivity index (χ0v) is 19.0. The number of aliphatic hydroxyl groups is 4. The van der Waals surface area contributed by atoms with E-state index in [2.05, 4.69) is 0 Å². The molecule has 0 aliphatic carbocycles. The Labute approximate surface area is 197 Å². The number of hydrogen-bond acceptors (Lipinski definition) is 8. The molecule has 0 saturated heterocycles. The summed E-state index contributed by atoms with van der Waals surface area (Å²) in [5, 5.41) is 59.7. The minimum atomic E-state index is -1.94. The summed E-state index contributed by atoms with van der Waals surface area (Å²) in [6, 6.07) is 13.9. The Hall–Kier alpha value is -2.86. The molecule has 186 valence electrons. The largest absolute Gasteiger partial charge is 0.481 e. The third-order valence-electron chi connectivity index (χ3n) is 5.96. The number of nitrogens with zero attached hydrogens (tertiary/aromatic N) is 2. The Morgan fingerprint density at radius 3 is 1.59 bits per heavy atom. The van der Waals surface area contributed by atoms with Gasteiger partial charge in [-0.2, -0.15) is 0 Å². The molecule has 0 amide bonds. The Balaban J connectivity index is 2.24. The number of rotatable bonds is 13. The van der Waals surface area contributed by atoms with Crippen LogP contribution in [0.25, 0.3) is 0 Å². The molecule has 0 fully saturated rings. The van der Waals surface area contributed by atoms with Crippen molar-refractivity contribution in [1.29, 1.82) is 0 Å². The molecule has 4 atom stereocenters. The normalized spacial score (nSPS) is 15.5. The summed E-state index contributed by atoms with van der Waals surface area (Å²) >= 11 is 0. The van der Waals surface area contributed by atoms with E-state index in [-0.39, 0.29) is 13.1 Å². The number of aliphatic carboxylic acids is 2. The zero-order chi connectivity index (χ0) is 25.4. The minimum absolute atomic E-state index is 0.0519. The van der Waals surface area contributed by atoms with Crippen molar-refractivity contribution in [2.45, 2.75) is 36.5 Å². The molecule has 0 bridgehead atoms. The van der Waals surface area contributed by atoms with Gasteiger partial charge in [0.25, 0.3) is 0 Å². The van der Waals surface area contributed by atoms with Gasteiger partial charge in [-0.25, -0.2) is 0 Å². The number of carboxylic acid groups (broad SMARTS) is 2. The van der Waals surface area contributed by atoms with Crippen molar-refractivity contribution in [3.63, 3.8) is 0 Å². The van der Waals surface area contributed by atoms with E-state index in [0.717, 1.165) is 0 Å². The standard InChI is InChI=1S/C24H32N2O8/c1-25(19(23(31)32)17(21(27)28)15-9-5-3-6-10-15)13-14-26(2)20(24(33)34)18(22(29)30)16-11-7-4-8-12-16/h3-12,17-21,23,27-28,31-32H,13-14H2,1-2H3,(H,29,30)(H,33,34). The maximum Gasteiger partial charge on any atom is 0.322 e. The molecule has 34 heavy (non-hydrogen) atoms. The van der Waals surface area contributed by atoms with Gasteiger partial charge >= 0.3 is 11.9 Å². The first-order chi connectivity index (χ1) is 16.1. The third kappa shape index (κ3) is 6.83. The van der Waals surface area contributed by atoms with Gasteiger partial charge < -0.3 is 30.6 Å². The van der Waals surface area contributed by atoms with Crippen LogP contribution in [0.15, 0.2) is 60.7 Å². The van der Waals surface area contributed by atoms with Crippen LogP contribution in [-0.2, 0) is 9.59 Å². The van der Waals surface area contributed by atoms with E-state index in [1.165, 1.54) is 23.9 Å². The van der Waals surface area contributed by atoms with Gasteiger partial charge in [0.2, 0.25) is 0 Å². The lowest BCUT2D eigenvalue weighted by Crippen LogP contribution is -2.52. The van der Waals surface area contributed by atoms with Gasteiger partial charge in [0.05, 0.1) is 12.0 Å². The van der Waals surface area contributed by atoms with E-state index in [1.807, 2.05) is 0 Å². The van der Waals surface area contributed by atoms with Gasteiger partial charge in [0.15, 0.2) is 12.6 Å². The van der Waals surface area contributed by atoms with Crippen LogP contribution >= 0.6 is 0 Å². The summed E-state index contributed by atoms with van der Waals surface area (Å²) in [5.74, 6) is -4.99. The van der Waals surface area contributed by atoms with Crippen molar-refractivity contribution in [2.75, 3.05) is 27.2 Å². The number of aliphatic hydroxyl groups excluding tert-OH is 2. The first kappa shape index (κ1) is 27.4. The molecular weight excluding hydrogens is 444 g/mol. The molecular formula is C24H32N2O8. The quantitative estimate of drug-likeness (QED) is 0.216. The fraction of sp³-hybridized carbons (Fsp3) is 0.417. The number of benzene rings is 2. The van der Waals surface area contributed by atoms with Crippen molar-refractivity contribution in [3.8, 4) is 0 Å². The van der Waals surface area contributed by atoms with E-state index >= 15 is 0 Å². The Morgan fingerprint density at radius 1 is 0.706 bits per heavy atom. The smallest absolute Gasteiger partial charge is 0.322 e. The predicted molar refractivity (Wildman–Crippen MR) is 123 cm³/mol. The topological polar surface area (TPSA) is 162 Å². The highest BCUT2D eigenvalue weighted by molar-refractivity contribution is 5.86. The third-order valence-corrected chi connectivity index (χ3v) is 5.96. The average molecular weight is 477 g/mol. The minimum Gasteiger partial charge on any atom is -0.481 e. The number of hydrogen-bond donors (Lipinski definition) is 6. The molecule has 0 radical (unpaired) electrons. The van der Waals surface area contributed by atoms with Crippen LogP contribution in [0.5, 0.6) is 0 Å². The van der Waals surface area contributed by atoms with Gasteiger partial charge in [0.1, 0.15) is 12.0 Å². The summed E-state index contributed by atoms with van der Waals surface area (Å²) in [6.07, 6.45) is -3.83. The lowest BCUT2D eigenvalue weighted by Gasteiger charge is -2.38. The van der Waals surface area contributed by atoms with Crippen molar-refractivity contribution < 1.29 is 40.2 Å². The molecule has 2 aromatic rings. The summed E-state index contributed by atoms with van der Waals surface area (Å²) in [4.78, 5) is 26.9. The van der Waals surface area contributed by atoms with Gasteiger partial charge in [-0.05, 0) is 25.2 Å². The molecule has 0 heterocycles. The average Bonchev–Trinajstić information content (AvgIpc) is 2.79. The van der Waals surface area contributed by atoms with Crippen LogP contribution in [0, 0.1) is 0 Å². The number of carboxylic acids is 2. The molecule has 0 spiro atoms. The summed E-state index contributed by atoms with van der Waals surface area (Å²) < 4.78 is 0. The lowest BCUT2D eigenvalue weighted by molar-refractivity contribution is -0.152. The molecule has 10 heteroatoms. The second kappa shape index (κ2) is 12.6. The highest BCUT2D eigenvalue weighted by Gasteiger charge is 2.39. The van der Waals surface area contributed by atoms with Gasteiger partial charge in [-0.15, -0.1) is 0 Å². The monoisotopic (exact) mass is 476 g/mol. The number of likely N-dealkylation sites (N-methyl/N-ethyl adjacent to an activating group) is 2. The summed E-state index contributed by atoms with van der Waals surface area (Å²) in [5.41, 5.74) is 0.827. The summed E-state index contributed by atoms with van der Waals surface area (Å²) in [6.45, 7) is 0.135.